The highest BCUT2D eigenvalue weighted by atomic mass is 16.5. The minimum absolute atomic E-state index is 0.316. The zero-order valence-electron chi connectivity index (χ0n) is 11.7. The van der Waals surface area contributed by atoms with Crippen LogP contribution in [0.25, 0.3) is 23.5 Å². The molecule has 0 saturated heterocycles. The van der Waals surface area contributed by atoms with Crippen molar-refractivity contribution >= 4 is 18.4 Å². The summed E-state index contributed by atoms with van der Waals surface area (Å²) in [6.45, 7) is 0. The van der Waals surface area contributed by atoms with E-state index in [1.807, 2.05) is 54.6 Å². The number of fused-ring (bicyclic) bond motifs is 2. The number of ether oxygens (including phenoxy) is 1. The number of furan rings is 1. The molecule has 3 heteroatoms. The largest absolute Gasteiger partial charge is 0.456 e. The van der Waals surface area contributed by atoms with Gasteiger partial charge in [0.25, 0.3) is 0 Å². The summed E-state index contributed by atoms with van der Waals surface area (Å²) < 4.78 is 11.5. The maximum Gasteiger partial charge on any atom is 0.185 e. The van der Waals surface area contributed by atoms with Crippen LogP contribution in [0.15, 0.2) is 59.0 Å². The van der Waals surface area contributed by atoms with E-state index in [1.54, 1.807) is 12.1 Å². The number of carbonyl (C=O) groups excluding carboxylic acids is 1. The molecule has 0 N–H and O–H groups in total. The quantitative estimate of drug-likeness (QED) is 0.485. The Bertz CT molecular complexity index is 887. The smallest absolute Gasteiger partial charge is 0.185 e. The van der Waals surface area contributed by atoms with Crippen LogP contribution in [0.3, 0.4) is 0 Å². The van der Waals surface area contributed by atoms with E-state index in [2.05, 4.69) is 0 Å². The molecular weight excluding hydrogens is 276 g/mol. The predicted octanol–water partition coefficient (Wildman–Crippen LogP) is 5.04. The summed E-state index contributed by atoms with van der Waals surface area (Å²) in [4.78, 5) is 10.7. The van der Waals surface area contributed by atoms with Crippen LogP contribution < -0.4 is 4.74 Å². The van der Waals surface area contributed by atoms with Crippen LogP contribution in [0, 0.1) is 0 Å². The van der Waals surface area contributed by atoms with E-state index in [1.165, 1.54) is 0 Å². The van der Waals surface area contributed by atoms with Crippen molar-refractivity contribution < 1.29 is 13.9 Å². The second-order valence-electron chi connectivity index (χ2n) is 5.05. The molecule has 1 aliphatic rings. The molecule has 3 nitrogen and oxygen atoms in total. The summed E-state index contributed by atoms with van der Waals surface area (Å²) in [5.74, 6) is 2.55. The number of rotatable bonds is 2. The van der Waals surface area contributed by atoms with Crippen molar-refractivity contribution in [3.05, 3.63) is 71.5 Å². The number of benzene rings is 2. The van der Waals surface area contributed by atoms with Gasteiger partial charge in [0.15, 0.2) is 12.0 Å². The Labute approximate surface area is 127 Å². The lowest BCUT2D eigenvalue weighted by Crippen LogP contribution is -1.88. The first-order valence-electron chi connectivity index (χ1n) is 6.98. The molecule has 22 heavy (non-hydrogen) atoms. The standard InChI is InChI=1S/C19H12O3/c20-12-16-9-10-18(21-16)15-8-7-14-6-5-13-3-1-2-4-17(13)22-19(14)11-15/h1-12H. The molecule has 1 aliphatic heterocycles. The summed E-state index contributed by atoms with van der Waals surface area (Å²) in [6, 6.07) is 17.2. The molecule has 2 heterocycles. The normalized spacial score (nSPS) is 12.0. The van der Waals surface area contributed by atoms with E-state index in [0.717, 1.165) is 28.2 Å². The SMILES string of the molecule is O=Cc1ccc(-c2ccc3c(c2)Oc2ccccc2C=C3)o1. The van der Waals surface area contributed by atoms with Crippen molar-refractivity contribution in [1.29, 1.82) is 0 Å². The van der Waals surface area contributed by atoms with Gasteiger partial charge in [0, 0.05) is 16.7 Å². The van der Waals surface area contributed by atoms with Crippen LogP contribution in [-0.4, -0.2) is 6.29 Å². The number of carbonyl (C=O) groups is 1. The van der Waals surface area contributed by atoms with E-state index in [9.17, 15) is 4.79 Å². The molecule has 0 atom stereocenters. The van der Waals surface area contributed by atoms with E-state index in [4.69, 9.17) is 9.15 Å². The van der Waals surface area contributed by atoms with Crippen LogP contribution in [-0.2, 0) is 0 Å². The lowest BCUT2D eigenvalue weighted by molar-refractivity contribution is 0.110. The van der Waals surface area contributed by atoms with Crippen molar-refractivity contribution in [1.82, 2.24) is 0 Å². The van der Waals surface area contributed by atoms with E-state index in [-0.39, 0.29) is 0 Å². The molecule has 106 valence electrons. The van der Waals surface area contributed by atoms with Gasteiger partial charge in [-0.05, 0) is 24.3 Å². The first kappa shape index (κ1) is 12.7. The molecule has 0 spiro atoms. The maximum atomic E-state index is 10.7. The van der Waals surface area contributed by atoms with Crippen molar-refractivity contribution in [3.8, 4) is 22.8 Å². The Balaban J connectivity index is 1.79. The number of hydrogen-bond acceptors (Lipinski definition) is 3. The second kappa shape index (κ2) is 5.04. The summed E-state index contributed by atoms with van der Waals surface area (Å²) >= 11 is 0. The van der Waals surface area contributed by atoms with Crippen LogP contribution in [0.5, 0.6) is 11.5 Å². The predicted molar refractivity (Wildman–Crippen MR) is 85.0 cm³/mol. The molecule has 0 aliphatic carbocycles. The lowest BCUT2D eigenvalue weighted by Gasteiger charge is -2.09. The Morgan fingerprint density at radius 1 is 0.818 bits per heavy atom. The third-order valence-corrected chi connectivity index (χ3v) is 3.62. The molecule has 0 unspecified atom stereocenters. The Kier molecular flexibility index (Phi) is 2.90. The van der Waals surface area contributed by atoms with Gasteiger partial charge in [-0.1, -0.05) is 42.5 Å². The number of aldehydes is 1. The molecule has 4 rings (SSSR count). The summed E-state index contributed by atoms with van der Waals surface area (Å²) in [5.41, 5.74) is 2.92. The van der Waals surface area contributed by atoms with Crippen molar-refractivity contribution in [2.75, 3.05) is 0 Å². The number of para-hydroxylation sites is 1. The summed E-state index contributed by atoms with van der Waals surface area (Å²) in [7, 11) is 0. The molecule has 0 bridgehead atoms. The average molecular weight is 288 g/mol. The Morgan fingerprint density at radius 2 is 1.64 bits per heavy atom. The van der Waals surface area contributed by atoms with Crippen molar-refractivity contribution in [3.63, 3.8) is 0 Å². The molecular formula is C19H12O3. The minimum Gasteiger partial charge on any atom is -0.456 e. The fourth-order valence-corrected chi connectivity index (χ4v) is 2.49. The molecule has 3 aromatic rings. The van der Waals surface area contributed by atoms with E-state index < -0.39 is 0 Å². The molecule has 2 aromatic carbocycles. The third-order valence-electron chi connectivity index (χ3n) is 3.62. The van der Waals surface area contributed by atoms with Crippen molar-refractivity contribution in [2.24, 2.45) is 0 Å². The number of hydrogen-bond donors (Lipinski definition) is 0. The van der Waals surface area contributed by atoms with Gasteiger partial charge in [-0.2, -0.15) is 0 Å². The molecule has 0 fully saturated rings. The fraction of sp³-hybridized carbons (Fsp3) is 0. The highest BCUT2D eigenvalue weighted by Crippen LogP contribution is 2.36. The summed E-state index contributed by atoms with van der Waals surface area (Å²) in [6.07, 6.45) is 4.77. The van der Waals surface area contributed by atoms with Crippen LogP contribution in [0.1, 0.15) is 21.7 Å². The minimum atomic E-state index is 0.316. The Morgan fingerprint density at radius 3 is 2.45 bits per heavy atom. The second-order valence-corrected chi connectivity index (χ2v) is 5.05. The van der Waals surface area contributed by atoms with Gasteiger partial charge in [-0.25, -0.2) is 0 Å². The van der Waals surface area contributed by atoms with Crippen LogP contribution >= 0.6 is 0 Å². The Hall–Kier alpha value is -3.07. The van der Waals surface area contributed by atoms with E-state index >= 15 is 0 Å². The van der Waals surface area contributed by atoms with E-state index in [0.29, 0.717) is 17.8 Å². The van der Waals surface area contributed by atoms with Gasteiger partial charge < -0.3 is 9.15 Å². The van der Waals surface area contributed by atoms with Gasteiger partial charge in [0.2, 0.25) is 0 Å². The molecule has 0 radical (unpaired) electrons. The maximum absolute atomic E-state index is 10.7. The highest BCUT2D eigenvalue weighted by Gasteiger charge is 2.13. The van der Waals surface area contributed by atoms with Gasteiger partial charge in [-0.3, -0.25) is 4.79 Å². The topological polar surface area (TPSA) is 39.4 Å². The van der Waals surface area contributed by atoms with Crippen molar-refractivity contribution in [2.45, 2.75) is 0 Å². The van der Waals surface area contributed by atoms with Gasteiger partial charge in [0.05, 0.1) is 0 Å². The monoisotopic (exact) mass is 288 g/mol. The van der Waals surface area contributed by atoms with Crippen LogP contribution in [0.2, 0.25) is 0 Å². The average Bonchev–Trinajstić information content (AvgIpc) is 2.96. The zero-order valence-corrected chi connectivity index (χ0v) is 11.7. The van der Waals surface area contributed by atoms with Gasteiger partial charge in [-0.15, -0.1) is 0 Å². The zero-order chi connectivity index (χ0) is 14.9. The highest BCUT2D eigenvalue weighted by molar-refractivity contribution is 5.79. The van der Waals surface area contributed by atoms with Gasteiger partial charge >= 0.3 is 0 Å². The first-order chi connectivity index (χ1) is 10.8. The summed E-state index contributed by atoms with van der Waals surface area (Å²) in [5, 5.41) is 0. The first-order valence-corrected chi connectivity index (χ1v) is 6.98. The van der Waals surface area contributed by atoms with Crippen LogP contribution in [0.4, 0.5) is 0 Å². The fourth-order valence-electron chi connectivity index (χ4n) is 2.49. The molecule has 1 aromatic heterocycles. The lowest BCUT2D eigenvalue weighted by atomic mass is 10.1. The molecule has 0 amide bonds. The molecule has 0 saturated carbocycles. The van der Waals surface area contributed by atoms with Gasteiger partial charge in [0.1, 0.15) is 17.3 Å². The third kappa shape index (κ3) is 2.13.